The lowest BCUT2D eigenvalue weighted by molar-refractivity contribution is 0.0535. The highest BCUT2D eigenvalue weighted by molar-refractivity contribution is 5.97. The highest BCUT2D eigenvalue weighted by Gasteiger charge is 2.26. The molecule has 0 atom stereocenters. The van der Waals surface area contributed by atoms with Gasteiger partial charge in [0.1, 0.15) is 5.75 Å². The van der Waals surface area contributed by atoms with Crippen LogP contribution in [0.5, 0.6) is 5.75 Å². The predicted octanol–water partition coefficient (Wildman–Crippen LogP) is 2.58. The number of benzene rings is 2. The molecule has 8 heteroatoms. The van der Waals surface area contributed by atoms with E-state index in [0.717, 1.165) is 12.8 Å². The molecule has 1 saturated heterocycles. The molecule has 2 aromatic carbocycles. The summed E-state index contributed by atoms with van der Waals surface area (Å²) in [5, 5.41) is 5.63. The fourth-order valence-electron chi connectivity index (χ4n) is 3.49. The van der Waals surface area contributed by atoms with Gasteiger partial charge in [-0.2, -0.15) is 0 Å². The Morgan fingerprint density at radius 2 is 1.29 bits per heavy atom. The van der Waals surface area contributed by atoms with Crippen LogP contribution in [0.1, 0.15) is 33.6 Å². The number of hydrogen-bond donors (Lipinski definition) is 2. The summed E-state index contributed by atoms with van der Waals surface area (Å²) in [4.78, 5) is 40.8. The summed E-state index contributed by atoms with van der Waals surface area (Å²) < 4.78 is 5.13. The van der Waals surface area contributed by atoms with Gasteiger partial charge in [0, 0.05) is 49.0 Å². The summed E-state index contributed by atoms with van der Waals surface area (Å²) >= 11 is 0. The number of rotatable bonds is 5. The minimum Gasteiger partial charge on any atom is -0.497 e. The molecule has 0 unspecified atom stereocenters. The number of ether oxygens (including phenoxy) is 1. The highest BCUT2D eigenvalue weighted by Crippen LogP contribution is 2.19. The molecular weight excluding hydrogens is 396 g/mol. The van der Waals surface area contributed by atoms with Crippen molar-refractivity contribution in [3.05, 3.63) is 59.7 Å². The van der Waals surface area contributed by atoms with Gasteiger partial charge >= 0.3 is 6.03 Å². The van der Waals surface area contributed by atoms with Crippen molar-refractivity contribution >= 4 is 23.5 Å². The summed E-state index contributed by atoms with van der Waals surface area (Å²) in [6, 6.07) is 14.0. The molecule has 1 aliphatic carbocycles. The number of hydrogen-bond acceptors (Lipinski definition) is 4. The van der Waals surface area contributed by atoms with Crippen molar-refractivity contribution in [1.82, 2.24) is 15.1 Å². The van der Waals surface area contributed by atoms with Crippen LogP contribution in [0.15, 0.2) is 48.5 Å². The summed E-state index contributed by atoms with van der Waals surface area (Å²) in [6.07, 6.45) is 2.06. The minimum atomic E-state index is -0.223. The van der Waals surface area contributed by atoms with Crippen LogP contribution >= 0.6 is 0 Å². The molecule has 162 valence electrons. The Balaban J connectivity index is 1.29. The van der Waals surface area contributed by atoms with E-state index in [2.05, 4.69) is 10.6 Å². The maximum absolute atomic E-state index is 12.8. The van der Waals surface area contributed by atoms with E-state index in [0.29, 0.717) is 48.7 Å². The Labute approximate surface area is 181 Å². The Hall–Kier alpha value is -3.55. The van der Waals surface area contributed by atoms with E-state index in [9.17, 15) is 14.4 Å². The lowest BCUT2D eigenvalue weighted by Gasteiger charge is -2.35. The van der Waals surface area contributed by atoms with Crippen LogP contribution < -0.4 is 15.4 Å². The first-order valence-electron chi connectivity index (χ1n) is 10.4. The number of anilines is 1. The summed E-state index contributed by atoms with van der Waals surface area (Å²) in [5.41, 5.74) is 1.81. The SMILES string of the molecule is COc1ccc(C(=O)N2CCN(C(=O)c3ccc(NC(=O)NC4CC4)cc3)CC2)cc1. The van der Waals surface area contributed by atoms with Gasteiger partial charge in [0.25, 0.3) is 11.8 Å². The number of piperazine rings is 1. The second kappa shape index (κ2) is 9.07. The van der Waals surface area contributed by atoms with Gasteiger partial charge in [-0.05, 0) is 61.4 Å². The normalized spacial score (nSPS) is 15.9. The van der Waals surface area contributed by atoms with E-state index in [1.165, 1.54) is 0 Å². The fraction of sp³-hybridized carbons (Fsp3) is 0.348. The van der Waals surface area contributed by atoms with Crippen molar-refractivity contribution in [1.29, 1.82) is 0 Å². The molecule has 1 saturated carbocycles. The predicted molar refractivity (Wildman–Crippen MR) is 116 cm³/mol. The smallest absolute Gasteiger partial charge is 0.319 e. The van der Waals surface area contributed by atoms with Crippen LogP contribution in [0.25, 0.3) is 0 Å². The van der Waals surface area contributed by atoms with Gasteiger partial charge < -0.3 is 25.2 Å². The van der Waals surface area contributed by atoms with Crippen LogP contribution in [0.2, 0.25) is 0 Å². The van der Waals surface area contributed by atoms with E-state index in [-0.39, 0.29) is 23.9 Å². The quantitative estimate of drug-likeness (QED) is 0.775. The zero-order valence-electron chi connectivity index (χ0n) is 17.5. The number of carbonyl (C=O) groups excluding carboxylic acids is 3. The first-order chi connectivity index (χ1) is 15.0. The van der Waals surface area contributed by atoms with Crippen LogP contribution in [0, 0.1) is 0 Å². The summed E-state index contributed by atoms with van der Waals surface area (Å²) in [7, 11) is 1.59. The Bertz CT molecular complexity index is 947. The van der Waals surface area contributed by atoms with Gasteiger partial charge in [0.2, 0.25) is 0 Å². The topological polar surface area (TPSA) is 91.0 Å². The first-order valence-corrected chi connectivity index (χ1v) is 10.4. The number of urea groups is 1. The second-order valence-electron chi connectivity index (χ2n) is 7.76. The molecule has 1 heterocycles. The Morgan fingerprint density at radius 1 is 0.806 bits per heavy atom. The average molecular weight is 422 g/mol. The van der Waals surface area contributed by atoms with Crippen LogP contribution in [-0.4, -0.2) is 67.0 Å². The number of nitrogens with zero attached hydrogens (tertiary/aromatic N) is 2. The zero-order valence-corrected chi connectivity index (χ0v) is 17.5. The molecule has 2 aromatic rings. The molecular formula is C23H26N4O4. The molecule has 2 aliphatic rings. The monoisotopic (exact) mass is 422 g/mol. The first kappa shape index (κ1) is 20.7. The van der Waals surface area contributed by atoms with Crippen molar-refractivity contribution in [2.45, 2.75) is 18.9 Å². The van der Waals surface area contributed by atoms with Crippen molar-refractivity contribution < 1.29 is 19.1 Å². The van der Waals surface area contributed by atoms with Gasteiger partial charge in [-0.3, -0.25) is 9.59 Å². The molecule has 8 nitrogen and oxygen atoms in total. The molecule has 0 radical (unpaired) electrons. The molecule has 0 bridgehead atoms. The van der Waals surface area contributed by atoms with Crippen LogP contribution in [0.3, 0.4) is 0 Å². The minimum absolute atomic E-state index is 0.0466. The summed E-state index contributed by atoms with van der Waals surface area (Å²) in [6.45, 7) is 1.92. The number of amides is 4. The Kier molecular flexibility index (Phi) is 6.06. The second-order valence-corrected chi connectivity index (χ2v) is 7.76. The van der Waals surface area contributed by atoms with E-state index in [1.807, 2.05) is 0 Å². The van der Waals surface area contributed by atoms with E-state index in [1.54, 1.807) is 65.4 Å². The van der Waals surface area contributed by atoms with Gasteiger partial charge in [0.15, 0.2) is 0 Å². The molecule has 0 aromatic heterocycles. The molecule has 0 spiro atoms. The fourth-order valence-corrected chi connectivity index (χ4v) is 3.49. The molecule has 4 amide bonds. The third kappa shape index (κ3) is 5.14. The van der Waals surface area contributed by atoms with Crippen molar-refractivity contribution in [3.63, 3.8) is 0 Å². The Morgan fingerprint density at radius 3 is 1.74 bits per heavy atom. The largest absolute Gasteiger partial charge is 0.497 e. The molecule has 31 heavy (non-hydrogen) atoms. The van der Waals surface area contributed by atoms with E-state index in [4.69, 9.17) is 4.74 Å². The van der Waals surface area contributed by atoms with E-state index < -0.39 is 0 Å². The molecule has 4 rings (SSSR count). The molecule has 2 fully saturated rings. The lowest BCUT2D eigenvalue weighted by Crippen LogP contribution is -2.50. The number of methoxy groups -OCH3 is 1. The third-order valence-corrected chi connectivity index (χ3v) is 5.49. The third-order valence-electron chi connectivity index (χ3n) is 5.49. The van der Waals surface area contributed by atoms with Crippen molar-refractivity contribution in [2.75, 3.05) is 38.6 Å². The van der Waals surface area contributed by atoms with Gasteiger partial charge in [0.05, 0.1) is 7.11 Å². The number of nitrogens with one attached hydrogen (secondary N) is 2. The molecule has 2 N–H and O–H groups in total. The number of carbonyl (C=O) groups is 3. The molecule has 1 aliphatic heterocycles. The summed E-state index contributed by atoms with van der Waals surface area (Å²) in [5.74, 6) is 0.580. The standard InChI is InChI=1S/C23H26N4O4/c1-31-20-10-4-17(5-11-20)22(29)27-14-12-26(13-15-27)21(28)16-2-6-18(7-3-16)24-23(30)25-19-8-9-19/h2-7,10-11,19H,8-9,12-15H2,1H3,(H2,24,25,30). The van der Waals surface area contributed by atoms with Crippen molar-refractivity contribution in [2.24, 2.45) is 0 Å². The average Bonchev–Trinajstić information content (AvgIpc) is 3.62. The lowest BCUT2D eigenvalue weighted by atomic mass is 10.1. The van der Waals surface area contributed by atoms with Crippen molar-refractivity contribution in [3.8, 4) is 5.75 Å². The van der Waals surface area contributed by atoms with Gasteiger partial charge in [-0.15, -0.1) is 0 Å². The van der Waals surface area contributed by atoms with Gasteiger partial charge in [-0.1, -0.05) is 0 Å². The van der Waals surface area contributed by atoms with Crippen LogP contribution in [-0.2, 0) is 0 Å². The van der Waals surface area contributed by atoms with Gasteiger partial charge in [-0.25, -0.2) is 4.79 Å². The van der Waals surface area contributed by atoms with E-state index >= 15 is 0 Å². The zero-order chi connectivity index (χ0) is 21.8. The maximum Gasteiger partial charge on any atom is 0.319 e. The maximum atomic E-state index is 12.8. The highest BCUT2D eigenvalue weighted by atomic mass is 16.5. The van der Waals surface area contributed by atoms with Crippen LogP contribution in [0.4, 0.5) is 10.5 Å².